The average molecular weight is 259 g/mol. The number of nitrogens with two attached hydrogens (primary N) is 1. The van der Waals surface area contributed by atoms with Crippen molar-refractivity contribution in [2.45, 2.75) is 39.7 Å². The fourth-order valence-corrected chi connectivity index (χ4v) is 2.32. The second-order valence-electron chi connectivity index (χ2n) is 6.30. The number of carbonyl (C=O) groups excluding carboxylic acids is 1. The van der Waals surface area contributed by atoms with Gasteiger partial charge in [0, 0.05) is 17.8 Å². The maximum Gasteiger partial charge on any atom is 0.199 e. The van der Waals surface area contributed by atoms with Gasteiger partial charge in [-0.2, -0.15) is 0 Å². The first-order valence-corrected chi connectivity index (χ1v) is 6.62. The molecule has 19 heavy (non-hydrogen) atoms. The van der Waals surface area contributed by atoms with Crippen molar-refractivity contribution in [2.75, 3.05) is 0 Å². The third kappa shape index (κ3) is 3.67. The highest BCUT2D eigenvalue weighted by Gasteiger charge is 2.20. The molecule has 3 nitrogen and oxygen atoms in total. The van der Waals surface area contributed by atoms with Crippen molar-refractivity contribution >= 4 is 16.8 Å². The van der Waals surface area contributed by atoms with Crippen LogP contribution in [-0.4, -0.2) is 11.8 Å². The van der Waals surface area contributed by atoms with E-state index in [2.05, 4.69) is 20.8 Å². The lowest BCUT2D eigenvalue weighted by atomic mass is 9.86. The van der Waals surface area contributed by atoms with Gasteiger partial charge in [0.05, 0.1) is 0 Å². The number of para-hydroxylation sites is 1. The minimum absolute atomic E-state index is 0.0204. The quantitative estimate of drug-likeness (QED) is 0.850. The number of hydrogen-bond acceptors (Lipinski definition) is 3. The van der Waals surface area contributed by atoms with Gasteiger partial charge in [-0.15, -0.1) is 0 Å². The van der Waals surface area contributed by atoms with Crippen LogP contribution in [0.25, 0.3) is 11.0 Å². The molecule has 0 bridgehead atoms. The number of Topliss-reactive ketones (excluding diaryl/α,β-unsaturated/α-hetero) is 1. The zero-order chi connectivity index (χ0) is 14.0. The van der Waals surface area contributed by atoms with Gasteiger partial charge in [-0.3, -0.25) is 4.79 Å². The minimum Gasteiger partial charge on any atom is -0.453 e. The molecule has 3 heteroatoms. The van der Waals surface area contributed by atoms with Crippen LogP contribution in [0.5, 0.6) is 0 Å². The standard InChI is InChI=1S/C16H21NO2/c1-16(2,3)10-12(17)9-13(18)15-8-11-6-4-5-7-14(11)19-15/h4-8,12H,9-10,17H2,1-3H3. The molecule has 0 aliphatic heterocycles. The first-order chi connectivity index (χ1) is 8.85. The highest BCUT2D eigenvalue weighted by Crippen LogP contribution is 2.24. The Hall–Kier alpha value is -1.61. The number of carbonyl (C=O) groups is 1. The molecule has 0 amide bonds. The summed E-state index contributed by atoms with van der Waals surface area (Å²) < 4.78 is 5.56. The zero-order valence-electron chi connectivity index (χ0n) is 11.8. The van der Waals surface area contributed by atoms with E-state index in [1.165, 1.54) is 0 Å². The Bertz CT molecular complexity index is 545. The molecule has 0 fully saturated rings. The van der Waals surface area contributed by atoms with Crippen LogP contribution in [0.15, 0.2) is 34.7 Å². The maximum absolute atomic E-state index is 12.1. The fraction of sp³-hybridized carbons (Fsp3) is 0.438. The van der Waals surface area contributed by atoms with Gasteiger partial charge in [-0.1, -0.05) is 39.0 Å². The van der Waals surface area contributed by atoms with Crippen LogP contribution in [0, 0.1) is 5.41 Å². The first kappa shape index (κ1) is 13.8. The van der Waals surface area contributed by atoms with Crippen molar-refractivity contribution in [1.29, 1.82) is 0 Å². The van der Waals surface area contributed by atoms with Crippen molar-refractivity contribution in [2.24, 2.45) is 11.1 Å². The summed E-state index contributed by atoms with van der Waals surface area (Å²) in [5.41, 5.74) is 6.91. The van der Waals surface area contributed by atoms with E-state index < -0.39 is 0 Å². The lowest BCUT2D eigenvalue weighted by Gasteiger charge is -2.22. The van der Waals surface area contributed by atoms with E-state index in [4.69, 9.17) is 10.2 Å². The molecular weight excluding hydrogens is 238 g/mol. The Morgan fingerprint density at radius 3 is 2.63 bits per heavy atom. The summed E-state index contributed by atoms with van der Waals surface area (Å²) in [6, 6.07) is 9.29. The van der Waals surface area contributed by atoms with Crippen LogP contribution in [0.2, 0.25) is 0 Å². The summed E-state index contributed by atoms with van der Waals surface area (Å²) in [4.78, 5) is 12.1. The summed E-state index contributed by atoms with van der Waals surface area (Å²) in [6.45, 7) is 6.37. The molecule has 0 radical (unpaired) electrons. The molecule has 1 aromatic heterocycles. The molecule has 0 saturated carbocycles. The van der Waals surface area contributed by atoms with Gasteiger partial charge >= 0.3 is 0 Å². The average Bonchev–Trinajstić information content (AvgIpc) is 2.69. The Morgan fingerprint density at radius 1 is 1.32 bits per heavy atom. The molecule has 0 spiro atoms. The summed E-state index contributed by atoms with van der Waals surface area (Å²) in [5, 5.41) is 0.954. The van der Waals surface area contributed by atoms with E-state index in [-0.39, 0.29) is 17.2 Å². The maximum atomic E-state index is 12.1. The van der Waals surface area contributed by atoms with Gasteiger partial charge in [0.25, 0.3) is 0 Å². The fourth-order valence-electron chi connectivity index (χ4n) is 2.32. The van der Waals surface area contributed by atoms with E-state index in [0.717, 1.165) is 17.4 Å². The summed E-state index contributed by atoms with van der Waals surface area (Å²) >= 11 is 0. The van der Waals surface area contributed by atoms with Crippen LogP contribution >= 0.6 is 0 Å². The predicted octanol–water partition coefficient (Wildman–Crippen LogP) is 3.77. The first-order valence-electron chi connectivity index (χ1n) is 6.62. The van der Waals surface area contributed by atoms with Crippen molar-refractivity contribution in [3.05, 3.63) is 36.1 Å². The third-order valence-electron chi connectivity index (χ3n) is 3.02. The molecule has 1 aromatic carbocycles. The SMILES string of the molecule is CC(C)(C)CC(N)CC(=O)c1cc2ccccc2o1. The molecule has 1 atom stereocenters. The highest BCUT2D eigenvalue weighted by molar-refractivity contribution is 5.97. The normalized spacial score (nSPS) is 13.7. The highest BCUT2D eigenvalue weighted by atomic mass is 16.3. The number of rotatable bonds is 4. The monoisotopic (exact) mass is 259 g/mol. The van der Waals surface area contributed by atoms with Gasteiger partial charge in [-0.05, 0) is 24.0 Å². The summed E-state index contributed by atoms with van der Waals surface area (Å²) in [6.07, 6.45) is 1.15. The molecule has 0 saturated heterocycles. The van der Waals surface area contributed by atoms with Gasteiger partial charge in [0.2, 0.25) is 0 Å². The van der Waals surface area contributed by atoms with E-state index >= 15 is 0 Å². The van der Waals surface area contributed by atoms with Crippen molar-refractivity contribution in [3.8, 4) is 0 Å². The molecule has 2 N–H and O–H groups in total. The largest absolute Gasteiger partial charge is 0.453 e. The Labute approximate surface area is 113 Å². The van der Waals surface area contributed by atoms with Gasteiger partial charge in [-0.25, -0.2) is 0 Å². The van der Waals surface area contributed by atoms with Crippen LogP contribution in [-0.2, 0) is 0 Å². The molecule has 0 aliphatic carbocycles. The lowest BCUT2D eigenvalue weighted by Crippen LogP contribution is -2.28. The second-order valence-corrected chi connectivity index (χ2v) is 6.30. The topological polar surface area (TPSA) is 56.2 Å². The van der Waals surface area contributed by atoms with Crippen LogP contribution in [0.4, 0.5) is 0 Å². The molecule has 1 heterocycles. The zero-order valence-corrected chi connectivity index (χ0v) is 11.8. The van der Waals surface area contributed by atoms with E-state index in [1.54, 1.807) is 6.07 Å². The third-order valence-corrected chi connectivity index (χ3v) is 3.02. The van der Waals surface area contributed by atoms with Crippen LogP contribution in [0.3, 0.4) is 0 Å². The summed E-state index contributed by atoms with van der Waals surface area (Å²) in [7, 11) is 0. The molecule has 2 rings (SSSR count). The smallest absolute Gasteiger partial charge is 0.199 e. The van der Waals surface area contributed by atoms with E-state index in [9.17, 15) is 4.79 Å². The van der Waals surface area contributed by atoms with Gasteiger partial charge < -0.3 is 10.2 Å². The summed E-state index contributed by atoms with van der Waals surface area (Å²) in [5.74, 6) is 0.388. The van der Waals surface area contributed by atoms with E-state index in [0.29, 0.717) is 12.2 Å². The lowest BCUT2D eigenvalue weighted by molar-refractivity contribution is 0.0943. The van der Waals surface area contributed by atoms with Crippen LogP contribution < -0.4 is 5.73 Å². The predicted molar refractivity (Wildman–Crippen MR) is 77.2 cm³/mol. The van der Waals surface area contributed by atoms with Gasteiger partial charge in [0.15, 0.2) is 11.5 Å². The number of fused-ring (bicyclic) bond motifs is 1. The molecule has 1 unspecified atom stereocenters. The van der Waals surface area contributed by atoms with Crippen molar-refractivity contribution in [3.63, 3.8) is 0 Å². The molecule has 102 valence electrons. The molecule has 0 aliphatic rings. The van der Waals surface area contributed by atoms with Crippen LogP contribution in [0.1, 0.15) is 44.2 Å². The molecule has 2 aromatic rings. The Balaban J connectivity index is 2.07. The number of furan rings is 1. The Morgan fingerprint density at radius 2 is 2.00 bits per heavy atom. The minimum atomic E-state index is -0.124. The van der Waals surface area contributed by atoms with Crippen molar-refractivity contribution < 1.29 is 9.21 Å². The van der Waals surface area contributed by atoms with Gasteiger partial charge in [0.1, 0.15) is 5.58 Å². The van der Waals surface area contributed by atoms with E-state index in [1.807, 2.05) is 24.3 Å². The number of hydrogen-bond donors (Lipinski definition) is 1. The van der Waals surface area contributed by atoms with Crippen molar-refractivity contribution in [1.82, 2.24) is 0 Å². The second kappa shape index (κ2) is 5.17. The molecular formula is C16H21NO2. The number of ketones is 1. The number of benzene rings is 1. The Kier molecular flexibility index (Phi) is 3.76.